The van der Waals surface area contributed by atoms with Crippen LogP contribution in [0.1, 0.15) is 12.5 Å². The lowest BCUT2D eigenvalue weighted by Crippen LogP contribution is -2.39. The Morgan fingerprint density at radius 2 is 2.00 bits per heavy atom. The first kappa shape index (κ1) is 18.7. The number of nitrogens with one attached hydrogen (secondary N) is 3. The molecular weight excluding hydrogens is 338 g/mol. The van der Waals surface area contributed by atoms with Crippen molar-refractivity contribution in [1.82, 2.24) is 15.6 Å². The van der Waals surface area contributed by atoms with Crippen LogP contribution in [0.5, 0.6) is 0 Å². The molecule has 3 N–H and O–H groups in total. The lowest BCUT2D eigenvalue weighted by molar-refractivity contribution is -0.114. The molecule has 0 aliphatic rings. The highest BCUT2D eigenvalue weighted by Crippen LogP contribution is 2.09. The van der Waals surface area contributed by atoms with Gasteiger partial charge in [-0.25, -0.2) is 4.99 Å². The fourth-order valence-corrected chi connectivity index (χ4v) is 2.23. The fraction of sp³-hybridized carbons (Fsp3) is 0.278. The van der Waals surface area contributed by atoms with Crippen molar-refractivity contribution in [3.8, 4) is 0 Å². The van der Waals surface area contributed by atoms with Gasteiger partial charge in [-0.05, 0) is 43.2 Å². The molecule has 0 saturated heterocycles. The van der Waals surface area contributed by atoms with E-state index in [1.807, 2.05) is 31.2 Å². The summed E-state index contributed by atoms with van der Waals surface area (Å²) in [5.41, 5.74) is 1.84. The second kappa shape index (κ2) is 10.3. The number of hydrogen-bond donors (Lipinski definition) is 3. The van der Waals surface area contributed by atoms with Crippen LogP contribution in [0.3, 0.4) is 0 Å². The van der Waals surface area contributed by atoms with Gasteiger partial charge in [-0.3, -0.25) is 9.78 Å². The van der Waals surface area contributed by atoms with Gasteiger partial charge in [0.1, 0.15) is 6.54 Å². The number of amides is 1. The van der Waals surface area contributed by atoms with E-state index >= 15 is 0 Å². The van der Waals surface area contributed by atoms with E-state index in [1.54, 1.807) is 24.5 Å². The van der Waals surface area contributed by atoms with Gasteiger partial charge in [-0.15, -0.1) is 0 Å². The smallest absolute Gasteiger partial charge is 0.246 e. The summed E-state index contributed by atoms with van der Waals surface area (Å²) in [4.78, 5) is 20.2. The summed E-state index contributed by atoms with van der Waals surface area (Å²) < 4.78 is 0. The van der Waals surface area contributed by atoms with Gasteiger partial charge in [0.15, 0.2) is 5.96 Å². The van der Waals surface area contributed by atoms with E-state index in [1.165, 1.54) is 5.56 Å². The molecule has 2 rings (SSSR count). The van der Waals surface area contributed by atoms with E-state index in [0.717, 1.165) is 18.0 Å². The van der Waals surface area contributed by atoms with Crippen LogP contribution in [-0.4, -0.2) is 36.5 Å². The predicted octanol–water partition coefficient (Wildman–Crippen LogP) is 2.47. The topological polar surface area (TPSA) is 78.4 Å². The third-order valence-electron chi connectivity index (χ3n) is 3.29. The number of anilines is 1. The van der Waals surface area contributed by atoms with Crippen LogP contribution in [0.15, 0.2) is 53.8 Å². The van der Waals surface area contributed by atoms with Crippen LogP contribution in [0.25, 0.3) is 0 Å². The van der Waals surface area contributed by atoms with Crippen molar-refractivity contribution in [2.75, 3.05) is 25.0 Å². The third kappa shape index (κ3) is 7.22. The SMILES string of the molecule is CCNC(=NCC(=O)Nc1cccnc1)NCCc1ccc(Cl)cc1. The molecule has 25 heavy (non-hydrogen) atoms. The Balaban J connectivity index is 1.80. The maximum Gasteiger partial charge on any atom is 0.246 e. The zero-order chi connectivity index (χ0) is 17.9. The average molecular weight is 360 g/mol. The molecule has 132 valence electrons. The second-order valence-electron chi connectivity index (χ2n) is 5.29. The number of pyridine rings is 1. The summed E-state index contributed by atoms with van der Waals surface area (Å²) in [7, 11) is 0. The lowest BCUT2D eigenvalue weighted by Gasteiger charge is -2.11. The molecule has 0 spiro atoms. The quantitative estimate of drug-likeness (QED) is 0.524. The number of guanidine groups is 1. The molecule has 0 fully saturated rings. The Labute approximate surface area is 152 Å². The van der Waals surface area contributed by atoms with Crippen LogP contribution in [0.4, 0.5) is 5.69 Å². The van der Waals surface area contributed by atoms with Gasteiger partial charge < -0.3 is 16.0 Å². The van der Waals surface area contributed by atoms with Crippen LogP contribution in [0.2, 0.25) is 5.02 Å². The molecule has 1 aromatic carbocycles. The van der Waals surface area contributed by atoms with Gasteiger partial charge in [-0.1, -0.05) is 23.7 Å². The van der Waals surface area contributed by atoms with Crippen molar-refractivity contribution in [2.45, 2.75) is 13.3 Å². The van der Waals surface area contributed by atoms with Gasteiger partial charge in [0, 0.05) is 24.3 Å². The van der Waals surface area contributed by atoms with Crippen LogP contribution < -0.4 is 16.0 Å². The zero-order valence-corrected chi connectivity index (χ0v) is 14.9. The van der Waals surface area contributed by atoms with Crippen molar-refractivity contribution in [1.29, 1.82) is 0 Å². The maximum atomic E-state index is 11.9. The van der Waals surface area contributed by atoms with E-state index in [0.29, 0.717) is 18.2 Å². The number of carbonyl (C=O) groups is 1. The van der Waals surface area contributed by atoms with Gasteiger partial charge in [0.25, 0.3) is 0 Å². The Kier molecular flexibility index (Phi) is 7.72. The molecule has 0 bridgehead atoms. The predicted molar refractivity (Wildman–Crippen MR) is 102 cm³/mol. The first-order chi connectivity index (χ1) is 12.2. The number of carbonyl (C=O) groups excluding carboxylic acids is 1. The molecule has 0 aliphatic carbocycles. The van der Waals surface area contributed by atoms with Crippen molar-refractivity contribution >= 4 is 29.2 Å². The molecule has 0 aliphatic heterocycles. The summed E-state index contributed by atoms with van der Waals surface area (Å²) in [6.45, 7) is 3.44. The first-order valence-corrected chi connectivity index (χ1v) is 8.51. The van der Waals surface area contributed by atoms with Crippen LogP contribution in [-0.2, 0) is 11.2 Å². The highest BCUT2D eigenvalue weighted by molar-refractivity contribution is 6.30. The molecule has 0 unspecified atom stereocenters. The zero-order valence-electron chi connectivity index (χ0n) is 14.1. The number of rotatable bonds is 7. The van der Waals surface area contributed by atoms with E-state index in [2.05, 4.69) is 25.9 Å². The number of aliphatic imine (C=N–C) groups is 1. The fourth-order valence-electron chi connectivity index (χ4n) is 2.11. The van der Waals surface area contributed by atoms with Crippen molar-refractivity contribution in [3.05, 3.63) is 59.4 Å². The summed E-state index contributed by atoms with van der Waals surface area (Å²) in [5, 5.41) is 9.82. The number of nitrogens with zero attached hydrogens (tertiary/aromatic N) is 2. The molecule has 7 heteroatoms. The van der Waals surface area contributed by atoms with E-state index in [9.17, 15) is 4.79 Å². The largest absolute Gasteiger partial charge is 0.357 e. The lowest BCUT2D eigenvalue weighted by atomic mass is 10.1. The summed E-state index contributed by atoms with van der Waals surface area (Å²) in [6.07, 6.45) is 4.09. The average Bonchev–Trinajstić information content (AvgIpc) is 2.62. The molecule has 1 heterocycles. The van der Waals surface area contributed by atoms with Crippen molar-refractivity contribution in [3.63, 3.8) is 0 Å². The number of hydrogen-bond acceptors (Lipinski definition) is 3. The molecular formula is C18H22ClN5O. The highest BCUT2D eigenvalue weighted by atomic mass is 35.5. The molecule has 0 radical (unpaired) electrons. The molecule has 0 atom stereocenters. The third-order valence-corrected chi connectivity index (χ3v) is 3.54. The number of benzene rings is 1. The van der Waals surface area contributed by atoms with E-state index in [-0.39, 0.29) is 12.5 Å². The van der Waals surface area contributed by atoms with E-state index in [4.69, 9.17) is 11.6 Å². The number of aromatic nitrogens is 1. The Morgan fingerprint density at radius 1 is 1.20 bits per heavy atom. The molecule has 2 aromatic rings. The molecule has 1 aromatic heterocycles. The Hall–Kier alpha value is -2.60. The summed E-state index contributed by atoms with van der Waals surface area (Å²) >= 11 is 5.88. The van der Waals surface area contributed by atoms with Crippen LogP contribution in [0, 0.1) is 0 Å². The van der Waals surface area contributed by atoms with Crippen molar-refractivity contribution in [2.24, 2.45) is 4.99 Å². The highest BCUT2D eigenvalue weighted by Gasteiger charge is 2.03. The number of halogens is 1. The molecule has 1 amide bonds. The van der Waals surface area contributed by atoms with Gasteiger partial charge >= 0.3 is 0 Å². The minimum absolute atomic E-state index is 0.0329. The minimum Gasteiger partial charge on any atom is -0.357 e. The molecule has 6 nitrogen and oxygen atoms in total. The van der Waals surface area contributed by atoms with Gasteiger partial charge in [0.05, 0.1) is 11.9 Å². The minimum atomic E-state index is -0.192. The van der Waals surface area contributed by atoms with Crippen LogP contribution >= 0.6 is 11.6 Å². The molecule has 0 saturated carbocycles. The first-order valence-electron chi connectivity index (χ1n) is 8.14. The van der Waals surface area contributed by atoms with Gasteiger partial charge in [-0.2, -0.15) is 0 Å². The van der Waals surface area contributed by atoms with Gasteiger partial charge in [0.2, 0.25) is 5.91 Å². The summed E-state index contributed by atoms with van der Waals surface area (Å²) in [5.74, 6) is 0.417. The normalized spacial score (nSPS) is 11.0. The monoisotopic (exact) mass is 359 g/mol. The van der Waals surface area contributed by atoms with E-state index < -0.39 is 0 Å². The second-order valence-corrected chi connectivity index (χ2v) is 5.72. The summed E-state index contributed by atoms with van der Waals surface area (Å²) in [6, 6.07) is 11.3. The Morgan fingerprint density at radius 3 is 2.68 bits per heavy atom. The standard InChI is InChI=1S/C18H22ClN5O/c1-2-21-18(22-11-9-14-5-7-15(19)8-6-14)23-13-17(25)24-16-4-3-10-20-12-16/h3-8,10,12H,2,9,11,13H2,1H3,(H,24,25)(H2,21,22,23). The maximum absolute atomic E-state index is 11.9. The Bertz CT molecular complexity index is 688. The van der Waals surface area contributed by atoms with Crippen molar-refractivity contribution < 1.29 is 4.79 Å².